The Kier molecular flexibility index (Phi) is 11.2. The zero-order valence-electron chi connectivity index (χ0n) is 14.9. The molecule has 4 rings (SSSR count). The van der Waals surface area contributed by atoms with Crippen LogP contribution in [-0.4, -0.2) is 9.52 Å². The molecule has 0 amide bonds. The SMILES string of the molecule is C[SiH]C.Cc1cc2c([c-]c1C1=CC=CC1)Cc1ccccc1-2.[Cl-].[Cl-].[Zr+3]. The number of aryl methyl sites for hydroxylation is 1. The molecule has 25 heavy (non-hydrogen) atoms. The van der Waals surface area contributed by atoms with Crippen molar-refractivity contribution in [3.05, 3.63) is 76.9 Å². The Morgan fingerprint density at radius 2 is 1.72 bits per heavy atom. The van der Waals surface area contributed by atoms with Crippen molar-refractivity contribution in [1.82, 2.24) is 0 Å². The van der Waals surface area contributed by atoms with Crippen LogP contribution in [0, 0.1) is 13.0 Å². The quantitative estimate of drug-likeness (QED) is 0.328. The van der Waals surface area contributed by atoms with Gasteiger partial charge < -0.3 is 24.8 Å². The molecule has 4 heteroatoms. The maximum Gasteiger partial charge on any atom is 3.00 e. The van der Waals surface area contributed by atoms with Gasteiger partial charge in [0.05, 0.1) is 0 Å². The van der Waals surface area contributed by atoms with E-state index in [4.69, 9.17) is 0 Å². The first-order valence-corrected chi connectivity index (χ1v) is 10.3. The van der Waals surface area contributed by atoms with E-state index < -0.39 is 0 Å². The van der Waals surface area contributed by atoms with E-state index in [1.54, 1.807) is 0 Å². The van der Waals surface area contributed by atoms with Crippen LogP contribution in [0.3, 0.4) is 0 Å². The van der Waals surface area contributed by atoms with Crippen LogP contribution in [0.4, 0.5) is 0 Å². The van der Waals surface area contributed by atoms with Gasteiger partial charge in [0.25, 0.3) is 0 Å². The molecule has 0 heterocycles. The Balaban J connectivity index is 0.000000902. The summed E-state index contributed by atoms with van der Waals surface area (Å²) in [5.74, 6) is 0. The molecule has 0 saturated heterocycles. The Morgan fingerprint density at radius 1 is 1.04 bits per heavy atom. The van der Waals surface area contributed by atoms with Crippen molar-refractivity contribution < 1.29 is 51.0 Å². The minimum absolute atomic E-state index is 0. The van der Waals surface area contributed by atoms with Gasteiger partial charge in [-0.05, 0) is 18.4 Å². The van der Waals surface area contributed by atoms with E-state index in [1.807, 2.05) is 0 Å². The minimum atomic E-state index is 0. The molecule has 0 bridgehead atoms. The van der Waals surface area contributed by atoms with Gasteiger partial charge in [0.1, 0.15) is 0 Å². The summed E-state index contributed by atoms with van der Waals surface area (Å²) in [5.41, 5.74) is 9.60. The molecule has 2 aliphatic rings. The molecule has 0 spiro atoms. The maximum absolute atomic E-state index is 3.67. The van der Waals surface area contributed by atoms with Crippen molar-refractivity contribution in [3.63, 3.8) is 0 Å². The monoisotopic (exact) mass is 462 g/mol. The third-order valence-electron chi connectivity index (χ3n) is 4.12. The normalized spacial score (nSPS) is 12.4. The first-order valence-electron chi connectivity index (χ1n) is 7.98. The fourth-order valence-corrected chi connectivity index (χ4v) is 3.17. The van der Waals surface area contributed by atoms with E-state index in [-0.39, 0.29) is 51.0 Å². The summed E-state index contributed by atoms with van der Waals surface area (Å²) in [6.07, 6.45) is 8.64. The molecule has 128 valence electrons. The molecule has 0 saturated carbocycles. The standard InChI is InChI=1S/C19H15.C2H7Si.2ClH.Zr/c1-13-10-19-16(11-15-8-4-5-9-17(15)19)12-18(13)14-6-2-3-7-14;1-3-2;;;/h2-6,8-10H,7,11H2,1H3;3H,1-2H3;2*1H;/q-1;;;;+3/p-2. The van der Waals surface area contributed by atoms with Crippen LogP contribution >= 0.6 is 0 Å². The average molecular weight is 465 g/mol. The van der Waals surface area contributed by atoms with Crippen LogP contribution in [-0.2, 0) is 32.6 Å². The largest absolute Gasteiger partial charge is 3.00 e. The summed E-state index contributed by atoms with van der Waals surface area (Å²) in [7, 11) is 0.750. The van der Waals surface area contributed by atoms with Crippen molar-refractivity contribution in [2.24, 2.45) is 0 Å². The summed E-state index contributed by atoms with van der Waals surface area (Å²) in [6, 6.07) is 14.7. The number of fused-ring (bicyclic) bond motifs is 3. The summed E-state index contributed by atoms with van der Waals surface area (Å²) in [5, 5.41) is 0. The fourth-order valence-electron chi connectivity index (χ4n) is 3.17. The minimum Gasteiger partial charge on any atom is -1.00 e. The predicted octanol–water partition coefficient (Wildman–Crippen LogP) is -0.766. The molecule has 2 aromatic rings. The first kappa shape index (κ1) is 24.6. The fraction of sp³-hybridized carbons (Fsp3) is 0.238. The number of halogens is 2. The summed E-state index contributed by atoms with van der Waals surface area (Å²) >= 11 is 0. The summed E-state index contributed by atoms with van der Waals surface area (Å²) in [6.45, 7) is 6.62. The van der Waals surface area contributed by atoms with E-state index in [0.29, 0.717) is 0 Å². The van der Waals surface area contributed by atoms with Gasteiger partial charge >= 0.3 is 26.2 Å². The van der Waals surface area contributed by atoms with E-state index in [2.05, 4.69) is 74.6 Å². The van der Waals surface area contributed by atoms with Crippen molar-refractivity contribution in [3.8, 4) is 11.1 Å². The summed E-state index contributed by atoms with van der Waals surface area (Å²) < 4.78 is 0. The molecule has 0 N–H and O–H groups in total. The molecule has 2 radical (unpaired) electrons. The van der Waals surface area contributed by atoms with Gasteiger partial charge in [-0.2, -0.15) is 0 Å². The van der Waals surface area contributed by atoms with Crippen molar-refractivity contribution in [2.75, 3.05) is 0 Å². The van der Waals surface area contributed by atoms with Gasteiger partial charge in [0, 0.05) is 9.52 Å². The molecule has 0 unspecified atom stereocenters. The second-order valence-corrected chi connectivity index (χ2v) is 7.11. The smallest absolute Gasteiger partial charge is 1.00 e. The Hall–Kier alpha value is -0.400. The molecule has 0 fully saturated rings. The molecule has 0 aliphatic heterocycles. The number of rotatable bonds is 1. The number of hydrogen-bond donors (Lipinski definition) is 0. The van der Waals surface area contributed by atoms with Crippen LogP contribution in [0.5, 0.6) is 0 Å². The predicted molar refractivity (Wildman–Crippen MR) is 98.9 cm³/mol. The van der Waals surface area contributed by atoms with Crippen molar-refractivity contribution in [2.45, 2.75) is 32.9 Å². The Labute approximate surface area is 186 Å². The van der Waals surface area contributed by atoms with Gasteiger partial charge in [0.15, 0.2) is 0 Å². The topological polar surface area (TPSA) is 0 Å². The van der Waals surface area contributed by atoms with Gasteiger partial charge in [-0.1, -0.05) is 67.6 Å². The van der Waals surface area contributed by atoms with Crippen molar-refractivity contribution >= 4 is 15.1 Å². The van der Waals surface area contributed by atoms with Crippen LogP contribution in [0.1, 0.15) is 28.7 Å². The molecule has 0 nitrogen and oxygen atoms in total. The second-order valence-electron chi connectivity index (χ2n) is 5.96. The number of allylic oxidation sites excluding steroid dienone is 4. The van der Waals surface area contributed by atoms with E-state index >= 15 is 0 Å². The van der Waals surface area contributed by atoms with Gasteiger partial charge in [-0.25, -0.2) is 0 Å². The number of hydrogen-bond acceptors (Lipinski definition) is 0. The second kappa shape index (κ2) is 11.3. The maximum atomic E-state index is 3.67. The molecule has 2 aromatic carbocycles. The molecule has 2 aliphatic carbocycles. The molecular weight excluding hydrogens is 442 g/mol. The van der Waals surface area contributed by atoms with Gasteiger partial charge in [0.2, 0.25) is 0 Å². The summed E-state index contributed by atoms with van der Waals surface area (Å²) in [4.78, 5) is 0. The molecule has 0 atom stereocenters. The van der Waals surface area contributed by atoms with Crippen LogP contribution < -0.4 is 24.8 Å². The Bertz CT molecular complexity index is 766. The Morgan fingerprint density at radius 3 is 2.36 bits per heavy atom. The van der Waals surface area contributed by atoms with Crippen LogP contribution in [0.25, 0.3) is 16.7 Å². The van der Waals surface area contributed by atoms with Gasteiger partial charge in [-0.15, -0.1) is 40.5 Å². The average Bonchev–Trinajstić information content (AvgIpc) is 3.14. The van der Waals surface area contributed by atoms with Gasteiger partial charge in [-0.3, -0.25) is 0 Å². The van der Waals surface area contributed by atoms with E-state index in [0.717, 1.165) is 22.4 Å². The zero-order chi connectivity index (χ0) is 15.5. The molecule has 0 aromatic heterocycles. The van der Waals surface area contributed by atoms with E-state index in [1.165, 1.54) is 39.0 Å². The van der Waals surface area contributed by atoms with E-state index in [9.17, 15) is 0 Å². The first-order chi connectivity index (χ1) is 10.7. The molecular formula is C21H22Cl2SiZr. The zero-order valence-corrected chi connectivity index (χ0v) is 20.0. The van der Waals surface area contributed by atoms with Crippen LogP contribution in [0.2, 0.25) is 13.1 Å². The number of benzene rings is 2. The third kappa shape index (κ3) is 5.30. The third-order valence-corrected chi connectivity index (χ3v) is 4.12. The van der Waals surface area contributed by atoms with Crippen LogP contribution in [0.15, 0.2) is 48.6 Å². The van der Waals surface area contributed by atoms with Crippen molar-refractivity contribution in [1.29, 1.82) is 0 Å².